The second kappa shape index (κ2) is 13.4. The normalized spacial score (nSPS) is 17.4. The van der Waals surface area contributed by atoms with E-state index < -0.39 is 47.5 Å². The van der Waals surface area contributed by atoms with Gasteiger partial charge in [-0.25, -0.2) is 9.59 Å². The lowest BCUT2D eigenvalue weighted by Gasteiger charge is -2.35. The number of alkyl halides is 3. The molecule has 2 aliphatic rings. The van der Waals surface area contributed by atoms with Gasteiger partial charge in [0.25, 0.3) is 5.91 Å². The number of nitrogens with one attached hydrogen (secondary N) is 3. The maximum absolute atomic E-state index is 14.2. The van der Waals surface area contributed by atoms with E-state index in [1.165, 1.54) is 43.3 Å². The van der Waals surface area contributed by atoms with Crippen molar-refractivity contribution in [2.75, 3.05) is 30.8 Å². The van der Waals surface area contributed by atoms with Crippen molar-refractivity contribution < 1.29 is 41.8 Å². The molecule has 260 valence electrons. The molecule has 1 saturated heterocycles. The molecule has 1 fully saturated rings. The average molecular weight is 711 g/mol. The van der Waals surface area contributed by atoms with Gasteiger partial charge < -0.3 is 19.7 Å². The first-order chi connectivity index (χ1) is 23.7. The molecule has 2 aliphatic heterocycles. The number of benzene rings is 3. The monoisotopic (exact) mass is 710 g/mol. The summed E-state index contributed by atoms with van der Waals surface area (Å²) in [4.78, 5) is 53.2. The maximum atomic E-state index is 14.2. The van der Waals surface area contributed by atoms with Gasteiger partial charge in [-0.2, -0.15) is 18.3 Å². The molecule has 50 heavy (non-hydrogen) atoms. The summed E-state index contributed by atoms with van der Waals surface area (Å²) in [5.74, 6) is -1.01. The van der Waals surface area contributed by atoms with Crippen LogP contribution in [0.2, 0.25) is 5.02 Å². The highest BCUT2D eigenvalue weighted by Crippen LogP contribution is 2.44. The Labute approximate surface area is 288 Å². The molecule has 4 amide bonds. The third-order valence-electron chi connectivity index (χ3n) is 8.58. The lowest BCUT2D eigenvalue weighted by molar-refractivity contribution is -0.141. The number of hydrogen-bond acceptors (Lipinski definition) is 7. The Bertz CT molecular complexity index is 1970. The van der Waals surface area contributed by atoms with E-state index in [0.717, 1.165) is 10.7 Å². The summed E-state index contributed by atoms with van der Waals surface area (Å²) in [5, 5.41) is 12.0. The first kappa shape index (κ1) is 34.3. The highest BCUT2D eigenvalue weighted by atomic mass is 35.5. The van der Waals surface area contributed by atoms with E-state index in [1.54, 1.807) is 42.5 Å². The molecule has 1 spiro atoms. The Morgan fingerprint density at radius 3 is 2.46 bits per heavy atom. The number of aromatic nitrogens is 2. The number of halogens is 4. The van der Waals surface area contributed by atoms with Crippen molar-refractivity contribution in [1.29, 1.82) is 0 Å². The van der Waals surface area contributed by atoms with Crippen LogP contribution in [0.5, 0.6) is 0 Å². The fourth-order valence-corrected chi connectivity index (χ4v) is 6.27. The molecule has 0 saturated carbocycles. The van der Waals surface area contributed by atoms with Gasteiger partial charge in [0.15, 0.2) is 11.3 Å². The van der Waals surface area contributed by atoms with Crippen LogP contribution in [0.1, 0.15) is 33.6 Å². The Morgan fingerprint density at radius 1 is 1.08 bits per heavy atom. The van der Waals surface area contributed by atoms with Crippen LogP contribution < -0.4 is 16.0 Å². The van der Waals surface area contributed by atoms with E-state index in [9.17, 15) is 32.3 Å². The molecule has 3 aromatic carbocycles. The molecule has 3 heterocycles. The van der Waals surface area contributed by atoms with E-state index in [-0.39, 0.29) is 37.2 Å². The minimum Gasteiger partial charge on any atom is -0.453 e. The molecule has 12 nitrogen and oxygen atoms in total. The van der Waals surface area contributed by atoms with E-state index in [0.29, 0.717) is 33.1 Å². The Morgan fingerprint density at radius 2 is 1.80 bits per heavy atom. The standard InChI is InChI=1S/C34H30ClF3N6O6/c1-43-27(17-28(42-43)34(36,37)38)20-5-3-19(4-6-20)15-26(40-29(45)21-7-10-23(11-8-21)39-31(47)49-2)30(46)44-14-13-33(18-44)24-16-22(35)9-12-25(24)41-32(48)50-33/h3-12,16-17,26H,13-15,18H2,1-2H3,(H,39,47)(H,40,45)(H,41,48)/t26-,33-/m0/s1. The smallest absolute Gasteiger partial charge is 0.435 e. The number of rotatable bonds is 7. The molecule has 0 unspecified atom stereocenters. The van der Waals surface area contributed by atoms with Crippen LogP contribution in [0.3, 0.4) is 0 Å². The summed E-state index contributed by atoms with van der Waals surface area (Å²) in [6.45, 7) is 0.215. The highest BCUT2D eigenvalue weighted by Gasteiger charge is 2.49. The summed E-state index contributed by atoms with van der Waals surface area (Å²) in [5.41, 5.74) is 0.890. The molecule has 1 aromatic heterocycles. The van der Waals surface area contributed by atoms with Crippen molar-refractivity contribution in [1.82, 2.24) is 20.0 Å². The number of nitrogens with zero attached hydrogens (tertiary/aromatic N) is 3. The second-order valence-corrected chi connectivity index (χ2v) is 12.3. The van der Waals surface area contributed by atoms with Crippen LogP contribution >= 0.6 is 11.6 Å². The highest BCUT2D eigenvalue weighted by molar-refractivity contribution is 6.30. The molecule has 0 bridgehead atoms. The van der Waals surface area contributed by atoms with Crippen molar-refractivity contribution in [3.63, 3.8) is 0 Å². The number of anilines is 2. The topological polar surface area (TPSA) is 144 Å². The largest absolute Gasteiger partial charge is 0.453 e. The molecule has 2 atom stereocenters. The van der Waals surface area contributed by atoms with Gasteiger partial charge >= 0.3 is 18.4 Å². The van der Waals surface area contributed by atoms with Crippen LogP contribution in [0, 0.1) is 0 Å². The van der Waals surface area contributed by atoms with Crippen LogP contribution in [0.25, 0.3) is 11.3 Å². The van der Waals surface area contributed by atoms with E-state index in [1.807, 2.05) is 0 Å². The number of methoxy groups -OCH3 is 1. The molecule has 3 N–H and O–H groups in total. The summed E-state index contributed by atoms with van der Waals surface area (Å²) >= 11 is 6.27. The Balaban J connectivity index is 1.25. The molecule has 16 heteroatoms. The third-order valence-corrected chi connectivity index (χ3v) is 8.82. The quantitative estimate of drug-likeness (QED) is 0.215. The molecule has 6 rings (SSSR count). The van der Waals surface area contributed by atoms with Crippen molar-refractivity contribution >= 4 is 47.0 Å². The van der Waals surface area contributed by atoms with Gasteiger partial charge in [0, 0.05) is 48.3 Å². The number of aryl methyl sites for hydroxylation is 1. The van der Waals surface area contributed by atoms with Crippen LogP contribution in [0.15, 0.2) is 72.8 Å². The lowest BCUT2D eigenvalue weighted by Crippen LogP contribution is -2.50. The number of likely N-dealkylation sites (tertiary alicyclic amines) is 1. The zero-order chi connectivity index (χ0) is 35.8. The van der Waals surface area contributed by atoms with Gasteiger partial charge in [-0.05, 0) is 59.7 Å². The first-order valence-corrected chi connectivity index (χ1v) is 15.7. The van der Waals surface area contributed by atoms with E-state index in [4.69, 9.17) is 16.3 Å². The van der Waals surface area contributed by atoms with Crippen molar-refractivity contribution in [3.05, 3.63) is 100 Å². The Kier molecular flexibility index (Phi) is 9.18. The van der Waals surface area contributed by atoms with E-state index >= 15 is 0 Å². The van der Waals surface area contributed by atoms with Gasteiger partial charge in [0.1, 0.15) is 6.04 Å². The molecular formula is C34H30ClF3N6O6. The van der Waals surface area contributed by atoms with Crippen LogP contribution in [-0.2, 0) is 39.5 Å². The molecule has 0 aliphatic carbocycles. The lowest BCUT2D eigenvalue weighted by atomic mass is 9.90. The summed E-state index contributed by atoms with van der Waals surface area (Å²) in [7, 11) is 2.63. The minimum absolute atomic E-state index is 0.00776. The summed E-state index contributed by atoms with van der Waals surface area (Å²) in [6, 6.07) is 17.3. The van der Waals surface area contributed by atoms with Gasteiger partial charge in [0.05, 0.1) is 25.0 Å². The van der Waals surface area contributed by atoms with Gasteiger partial charge in [-0.15, -0.1) is 0 Å². The minimum atomic E-state index is -4.60. The summed E-state index contributed by atoms with van der Waals surface area (Å²) < 4.78 is 51.2. The number of ether oxygens (including phenoxy) is 2. The SMILES string of the molecule is COC(=O)Nc1ccc(C(=O)N[C@@H](Cc2ccc(-c3cc(C(F)(F)F)nn3C)cc2)C(=O)N2CC[C@@]3(C2)OC(=O)Nc2ccc(Cl)cc23)cc1. The third kappa shape index (κ3) is 7.08. The van der Waals surface area contributed by atoms with Crippen LogP contribution in [-0.4, -0.2) is 64.9 Å². The van der Waals surface area contributed by atoms with Crippen molar-refractivity contribution in [3.8, 4) is 11.3 Å². The zero-order valence-corrected chi connectivity index (χ0v) is 27.4. The number of hydrogen-bond donors (Lipinski definition) is 3. The number of carbonyl (C=O) groups is 4. The predicted octanol–water partition coefficient (Wildman–Crippen LogP) is 5.97. The van der Waals surface area contributed by atoms with Gasteiger partial charge in [-0.1, -0.05) is 35.9 Å². The number of carbonyl (C=O) groups excluding carboxylic acids is 4. The van der Waals surface area contributed by atoms with Gasteiger partial charge in [-0.3, -0.25) is 24.9 Å². The Hall–Kier alpha value is -5.57. The van der Waals surface area contributed by atoms with Gasteiger partial charge in [0.2, 0.25) is 5.91 Å². The molecule has 0 radical (unpaired) electrons. The average Bonchev–Trinajstić information content (AvgIpc) is 3.69. The zero-order valence-electron chi connectivity index (χ0n) is 26.6. The molecular weight excluding hydrogens is 681 g/mol. The number of fused-ring (bicyclic) bond motifs is 2. The number of amides is 4. The fourth-order valence-electron chi connectivity index (χ4n) is 6.10. The summed E-state index contributed by atoms with van der Waals surface area (Å²) in [6.07, 6.45) is -5.64. The first-order valence-electron chi connectivity index (χ1n) is 15.3. The van der Waals surface area contributed by atoms with Crippen LogP contribution in [0.4, 0.5) is 34.1 Å². The fraction of sp³-hybridized carbons (Fsp3) is 0.265. The van der Waals surface area contributed by atoms with Crippen molar-refractivity contribution in [2.45, 2.75) is 30.7 Å². The maximum Gasteiger partial charge on any atom is 0.435 e. The van der Waals surface area contributed by atoms with E-state index in [2.05, 4.69) is 25.8 Å². The molecule has 4 aromatic rings. The van der Waals surface area contributed by atoms with Crippen molar-refractivity contribution in [2.24, 2.45) is 7.05 Å². The second-order valence-electron chi connectivity index (χ2n) is 11.9. The predicted molar refractivity (Wildman–Crippen MR) is 176 cm³/mol.